The number of halogens is 1. The van der Waals surface area contributed by atoms with E-state index in [-0.39, 0.29) is 5.92 Å². The lowest BCUT2D eigenvalue weighted by atomic mass is 9.81. The van der Waals surface area contributed by atoms with Gasteiger partial charge in [0.05, 0.1) is 23.8 Å². The molecule has 0 bridgehead atoms. The van der Waals surface area contributed by atoms with Crippen LogP contribution in [0, 0.1) is 0 Å². The van der Waals surface area contributed by atoms with Crippen LogP contribution in [0.2, 0.25) is 5.02 Å². The van der Waals surface area contributed by atoms with Gasteiger partial charge in [-0.1, -0.05) is 38.3 Å². The van der Waals surface area contributed by atoms with Crippen LogP contribution in [0.4, 0.5) is 0 Å². The summed E-state index contributed by atoms with van der Waals surface area (Å²) in [5, 5.41) is 0.536. The summed E-state index contributed by atoms with van der Waals surface area (Å²) in [5.41, 5.74) is 1.55. The van der Waals surface area contributed by atoms with E-state index in [0.29, 0.717) is 24.0 Å². The quantitative estimate of drug-likeness (QED) is 0.592. The second kappa shape index (κ2) is 6.54. The number of rotatable bonds is 3. The number of isocyanates is 1. The molecule has 1 fully saturated rings. The topological polar surface area (TPSA) is 47.9 Å². The highest BCUT2D eigenvalue weighted by molar-refractivity contribution is 6.32. The predicted molar refractivity (Wildman–Crippen MR) is 89.4 cm³/mol. The highest BCUT2D eigenvalue weighted by atomic mass is 35.5. The molecule has 0 atom stereocenters. The molecule has 124 valence electrons. The van der Waals surface area contributed by atoms with Crippen molar-refractivity contribution in [2.24, 2.45) is 4.99 Å². The molecule has 0 amide bonds. The SMILES string of the molecule is CC(C)c1c(C2(N=C=O)CCCC2)cc(Cl)c2c1OCCCO2. The average Bonchev–Trinajstić information content (AvgIpc) is 2.84. The largest absolute Gasteiger partial charge is 0.489 e. The first kappa shape index (κ1) is 16.4. The van der Waals surface area contributed by atoms with Gasteiger partial charge in [-0.3, -0.25) is 0 Å². The smallest absolute Gasteiger partial charge is 0.235 e. The van der Waals surface area contributed by atoms with Crippen LogP contribution >= 0.6 is 11.6 Å². The summed E-state index contributed by atoms with van der Waals surface area (Å²) in [6, 6.07) is 1.93. The lowest BCUT2D eigenvalue weighted by Gasteiger charge is -2.29. The Morgan fingerprint density at radius 2 is 1.83 bits per heavy atom. The molecule has 0 aromatic heterocycles. The van der Waals surface area contributed by atoms with Gasteiger partial charge in [0.2, 0.25) is 6.08 Å². The molecule has 2 aliphatic rings. The molecule has 0 saturated heterocycles. The summed E-state index contributed by atoms with van der Waals surface area (Å²) in [5.74, 6) is 1.57. The van der Waals surface area contributed by atoms with Gasteiger partial charge in [0.1, 0.15) is 0 Å². The Morgan fingerprint density at radius 3 is 2.43 bits per heavy atom. The fraction of sp³-hybridized carbons (Fsp3) is 0.611. The maximum atomic E-state index is 11.1. The lowest BCUT2D eigenvalue weighted by Crippen LogP contribution is -2.22. The Balaban J connectivity index is 2.26. The van der Waals surface area contributed by atoms with E-state index < -0.39 is 5.54 Å². The first-order valence-electron chi connectivity index (χ1n) is 8.30. The van der Waals surface area contributed by atoms with Crippen molar-refractivity contribution in [1.29, 1.82) is 0 Å². The van der Waals surface area contributed by atoms with Crippen LogP contribution in [-0.2, 0) is 10.3 Å². The molecule has 0 N–H and O–H groups in total. The Morgan fingerprint density at radius 1 is 1.17 bits per heavy atom. The molecule has 5 heteroatoms. The van der Waals surface area contributed by atoms with E-state index in [4.69, 9.17) is 21.1 Å². The molecule has 1 saturated carbocycles. The Labute approximate surface area is 141 Å². The van der Waals surface area contributed by atoms with Crippen LogP contribution in [0.15, 0.2) is 11.1 Å². The maximum Gasteiger partial charge on any atom is 0.235 e. The van der Waals surface area contributed by atoms with Gasteiger partial charge in [0, 0.05) is 12.0 Å². The van der Waals surface area contributed by atoms with E-state index in [1.807, 2.05) is 6.07 Å². The van der Waals surface area contributed by atoms with Crippen LogP contribution in [0.5, 0.6) is 11.5 Å². The monoisotopic (exact) mass is 335 g/mol. The molecule has 1 aliphatic carbocycles. The zero-order valence-electron chi connectivity index (χ0n) is 13.7. The Bertz CT molecular complexity index is 644. The van der Waals surface area contributed by atoms with E-state index >= 15 is 0 Å². The number of fused-ring (bicyclic) bond motifs is 1. The zero-order valence-corrected chi connectivity index (χ0v) is 14.4. The van der Waals surface area contributed by atoms with Crippen molar-refractivity contribution in [3.63, 3.8) is 0 Å². The standard InChI is InChI=1S/C18H22ClNO3/c1-12(2)15-13(18(20-11-21)6-3-4-7-18)10-14(19)16-17(15)23-9-5-8-22-16/h10,12H,3-9H2,1-2H3. The molecule has 0 unspecified atom stereocenters. The summed E-state index contributed by atoms with van der Waals surface area (Å²) in [6.07, 6.45) is 6.41. The lowest BCUT2D eigenvalue weighted by molar-refractivity contribution is 0.295. The van der Waals surface area contributed by atoms with Gasteiger partial charge < -0.3 is 9.47 Å². The second-order valence-corrected chi connectivity index (χ2v) is 7.03. The number of hydrogen-bond acceptors (Lipinski definition) is 4. The minimum atomic E-state index is -0.518. The molecule has 0 spiro atoms. The normalized spacial score (nSPS) is 19.3. The van der Waals surface area contributed by atoms with Gasteiger partial charge in [0.25, 0.3) is 0 Å². The molecule has 0 radical (unpaired) electrons. The fourth-order valence-electron chi connectivity index (χ4n) is 3.76. The van der Waals surface area contributed by atoms with Crippen molar-refractivity contribution < 1.29 is 14.3 Å². The molecule has 1 heterocycles. The van der Waals surface area contributed by atoms with Crippen LogP contribution in [0.1, 0.15) is 63.0 Å². The summed E-state index contributed by atoms with van der Waals surface area (Å²) in [7, 11) is 0. The van der Waals surface area contributed by atoms with Crippen LogP contribution < -0.4 is 9.47 Å². The first-order valence-corrected chi connectivity index (χ1v) is 8.68. The highest BCUT2D eigenvalue weighted by Crippen LogP contribution is 2.52. The van der Waals surface area contributed by atoms with E-state index in [1.165, 1.54) is 0 Å². The molecule has 4 nitrogen and oxygen atoms in total. The van der Waals surface area contributed by atoms with Gasteiger partial charge in [-0.25, -0.2) is 4.79 Å². The van der Waals surface area contributed by atoms with Crippen molar-refractivity contribution in [3.8, 4) is 11.5 Å². The summed E-state index contributed by atoms with van der Waals surface area (Å²) in [4.78, 5) is 15.3. The molecule has 1 aliphatic heterocycles. The van der Waals surface area contributed by atoms with Crippen molar-refractivity contribution in [2.75, 3.05) is 13.2 Å². The molecular formula is C18H22ClNO3. The van der Waals surface area contributed by atoms with Crippen molar-refractivity contribution in [3.05, 3.63) is 22.2 Å². The third-order valence-electron chi connectivity index (χ3n) is 4.78. The summed E-state index contributed by atoms with van der Waals surface area (Å²) < 4.78 is 11.8. The van der Waals surface area contributed by atoms with E-state index in [0.717, 1.165) is 49.0 Å². The molecule has 1 aromatic carbocycles. The minimum Gasteiger partial charge on any atom is -0.489 e. The van der Waals surface area contributed by atoms with Crippen molar-refractivity contribution >= 4 is 17.7 Å². The maximum absolute atomic E-state index is 11.1. The van der Waals surface area contributed by atoms with Gasteiger partial charge in [-0.05, 0) is 30.4 Å². The second-order valence-electron chi connectivity index (χ2n) is 6.62. The van der Waals surface area contributed by atoms with Crippen molar-refractivity contribution in [1.82, 2.24) is 0 Å². The number of aliphatic imine (C=N–C) groups is 1. The van der Waals surface area contributed by atoms with Crippen LogP contribution in [0.3, 0.4) is 0 Å². The van der Waals surface area contributed by atoms with Gasteiger partial charge in [-0.15, -0.1) is 0 Å². The summed E-state index contributed by atoms with van der Waals surface area (Å²) >= 11 is 6.49. The van der Waals surface area contributed by atoms with Crippen LogP contribution in [-0.4, -0.2) is 19.3 Å². The zero-order chi connectivity index (χ0) is 16.4. The predicted octanol–water partition coefficient (Wildman–Crippen LogP) is 4.73. The molecule has 1 aromatic rings. The molecule has 23 heavy (non-hydrogen) atoms. The average molecular weight is 336 g/mol. The Hall–Kier alpha value is -1.51. The number of carbonyl (C=O) groups excluding carboxylic acids is 1. The van der Waals surface area contributed by atoms with Gasteiger partial charge >= 0.3 is 0 Å². The van der Waals surface area contributed by atoms with E-state index in [1.54, 1.807) is 6.08 Å². The third-order valence-corrected chi connectivity index (χ3v) is 5.06. The highest BCUT2D eigenvalue weighted by Gasteiger charge is 2.40. The van der Waals surface area contributed by atoms with E-state index in [9.17, 15) is 4.79 Å². The molecular weight excluding hydrogens is 314 g/mol. The van der Waals surface area contributed by atoms with Crippen molar-refractivity contribution in [2.45, 2.75) is 57.4 Å². The first-order chi connectivity index (χ1) is 11.1. The number of benzene rings is 1. The fourth-order valence-corrected chi connectivity index (χ4v) is 4.00. The van der Waals surface area contributed by atoms with E-state index in [2.05, 4.69) is 18.8 Å². The summed E-state index contributed by atoms with van der Waals surface area (Å²) in [6.45, 7) is 5.45. The minimum absolute atomic E-state index is 0.219. The van der Waals surface area contributed by atoms with Gasteiger partial charge in [-0.2, -0.15) is 4.99 Å². The third kappa shape index (κ3) is 2.86. The number of ether oxygens (including phenoxy) is 2. The number of nitrogens with zero attached hydrogens (tertiary/aromatic N) is 1. The van der Waals surface area contributed by atoms with Gasteiger partial charge in [0.15, 0.2) is 11.5 Å². The molecule has 3 rings (SSSR count). The Kier molecular flexibility index (Phi) is 4.65. The van der Waals surface area contributed by atoms with Crippen LogP contribution in [0.25, 0.3) is 0 Å². The number of hydrogen-bond donors (Lipinski definition) is 0.